The molecule has 76 valence electrons. The number of hydrogen-bond donors (Lipinski definition) is 3. The fourth-order valence-electron chi connectivity index (χ4n) is 0.761. The van der Waals surface area contributed by atoms with Crippen LogP contribution in [0.25, 0.3) is 0 Å². The van der Waals surface area contributed by atoms with E-state index in [1.807, 2.05) is 0 Å². The lowest BCUT2D eigenvalue weighted by molar-refractivity contribution is -0.120. The van der Waals surface area contributed by atoms with Crippen molar-refractivity contribution in [2.24, 2.45) is 0 Å². The Bertz CT molecular complexity index is 180. The molecule has 0 aliphatic heterocycles. The van der Waals surface area contributed by atoms with Crippen molar-refractivity contribution in [1.29, 1.82) is 0 Å². The van der Waals surface area contributed by atoms with Gasteiger partial charge in [0.2, 0.25) is 5.91 Å². The summed E-state index contributed by atoms with van der Waals surface area (Å²) in [6.45, 7) is 5.35. The van der Waals surface area contributed by atoms with Crippen LogP contribution in [-0.2, 0) is 4.79 Å². The number of nitrogens with one attached hydrogen (secondary N) is 1. The molecule has 0 saturated carbocycles. The van der Waals surface area contributed by atoms with Crippen molar-refractivity contribution in [3.8, 4) is 0 Å². The summed E-state index contributed by atoms with van der Waals surface area (Å²) in [7, 11) is 0. The van der Waals surface area contributed by atoms with E-state index in [4.69, 9.17) is 10.2 Å². The molecule has 0 aromatic carbocycles. The zero-order valence-electron chi connectivity index (χ0n) is 7.92. The number of carbonyl (C=O) groups excluding carboxylic acids is 1. The number of aliphatic hydroxyl groups excluding tert-OH is 2. The molecule has 0 radical (unpaired) electrons. The molecular formula is C9H17NO3. The smallest absolute Gasteiger partial charge is 0.248 e. The Morgan fingerprint density at radius 2 is 2.23 bits per heavy atom. The second-order valence-corrected chi connectivity index (χ2v) is 2.83. The van der Waals surface area contributed by atoms with Crippen LogP contribution in [0.4, 0.5) is 0 Å². The highest BCUT2D eigenvalue weighted by Crippen LogP contribution is 2.02. The lowest BCUT2D eigenvalue weighted by atomic mass is 10.1. The van der Waals surface area contributed by atoms with Gasteiger partial charge in [-0.15, -0.1) is 0 Å². The summed E-state index contributed by atoms with van der Waals surface area (Å²) in [5, 5.41) is 20.0. The van der Waals surface area contributed by atoms with Crippen LogP contribution in [0.2, 0.25) is 0 Å². The minimum atomic E-state index is -0.807. The van der Waals surface area contributed by atoms with E-state index in [0.717, 1.165) is 0 Å². The van der Waals surface area contributed by atoms with Crippen molar-refractivity contribution < 1.29 is 15.0 Å². The normalized spacial score (nSPS) is 12.2. The zero-order valence-corrected chi connectivity index (χ0v) is 7.92. The fraction of sp³-hybridized carbons (Fsp3) is 0.667. The Balaban J connectivity index is 3.76. The summed E-state index contributed by atoms with van der Waals surface area (Å²) >= 11 is 0. The molecule has 1 unspecified atom stereocenters. The van der Waals surface area contributed by atoms with Gasteiger partial charge >= 0.3 is 0 Å². The van der Waals surface area contributed by atoms with Gasteiger partial charge in [0, 0.05) is 12.2 Å². The van der Waals surface area contributed by atoms with E-state index in [2.05, 4.69) is 11.9 Å². The van der Waals surface area contributed by atoms with Crippen LogP contribution >= 0.6 is 0 Å². The van der Waals surface area contributed by atoms with Gasteiger partial charge in [0.1, 0.15) is 6.23 Å². The first-order chi connectivity index (χ1) is 6.11. The summed E-state index contributed by atoms with van der Waals surface area (Å²) in [4.78, 5) is 11.2. The molecule has 0 aromatic heterocycles. The summed E-state index contributed by atoms with van der Waals surface area (Å²) < 4.78 is 0. The maximum Gasteiger partial charge on any atom is 0.248 e. The Kier molecular flexibility index (Phi) is 6.18. The van der Waals surface area contributed by atoms with Crippen LogP contribution in [0.15, 0.2) is 12.2 Å². The highest BCUT2D eigenvalue weighted by atomic mass is 16.3. The second-order valence-electron chi connectivity index (χ2n) is 2.83. The van der Waals surface area contributed by atoms with Crippen LogP contribution in [0, 0.1) is 0 Å². The molecule has 1 amide bonds. The monoisotopic (exact) mass is 187 g/mol. The number of carbonyl (C=O) groups is 1. The van der Waals surface area contributed by atoms with Crippen LogP contribution < -0.4 is 5.32 Å². The van der Waals surface area contributed by atoms with E-state index < -0.39 is 6.23 Å². The van der Waals surface area contributed by atoms with Gasteiger partial charge in [0.15, 0.2) is 0 Å². The van der Waals surface area contributed by atoms with Gasteiger partial charge in [-0.2, -0.15) is 0 Å². The van der Waals surface area contributed by atoms with Crippen LogP contribution in [0.1, 0.15) is 26.2 Å². The fourth-order valence-corrected chi connectivity index (χ4v) is 0.761. The lowest BCUT2D eigenvalue weighted by Gasteiger charge is -2.11. The Hall–Kier alpha value is -0.870. The van der Waals surface area contributed by atoms with E-state index in [-0.39, 0.29) is 12.5 Å². The average molecular weight is 187 g/mol. The van der Waals surface area contributed by atoms with E-state index in [9.17, 15) is 4.79 Å². The predicted octanol–water partition coefficient (Wildman–Crippen LogP) is 0.160. The SMILES string of the molecule is C=C(CCCO)C(=O)NC(O)CC. The number of aliphatic hydroxyl groups is 2. The third-order valence-corrected chi connectivity index (χ3v) is 1.64. The van der Waals surface area contributed by atoms with Crippen molar-refractivity contribution in [1.82, 2.24) is 5.32 Å². The third-order valence-electron chi connectivity index (χ3n) is 1.64. The summed E-state index contributed by atoms with van der Waals surface area (Å²) in [6, 6.07) is 0. The molecule has 0 spiro atoms. The van der Waals surface area contributed by atoms with Gasteiger partial charge in [0.25, 0.3) is 0 Å². The Morgan fingerprint density at radius 3 is 2.69 bits per heavy atom. The van der Waals surface area contributed by atoms with E-state index in [1.165, 1.54) is 0 Å². The molecule has 0 aromatic rings. The van der Waals surface area contributed by atoms with Crippen LogP contribution in [0.3, 0.4) is 0 Å². The number of rotatable bonds is 6. The molecule has 0 rings (SSSR count). The zero-order chi connectivity index (χ0) is 10.3. The maximum atomic E-state index is 11.2. The Morgan fingerprint density at radius 1 is 1.62 bits per heavy atom. The van der Waals surface area contributed by atoms with Crippen LogP contribution in [-0.4, -0.2) is 29.0 Å². The van der Waals surface area contributed by atoms with Gasteiger partial charge in [-0.05, 0) is 19.3 Å². The van der Waals surface area contributed by atoms with E-state index in [1.54, 1.807) is 6.92 Å². The second kappa shape index (κ2) is 6.62. The standard InChI is InChI=1S/C9H17NO3/c1-3-8(12)10-9(13)7(2)5-4-6-11/h8,11-12H,2-6H2,1H3,(H,10,13). The topological polar surface area (TPSA) is 69.6 Å². The molecule has 0 fully saturated rings. The maximum absolute atomic E-state index is 11.2. The first-order valence-electron chi connectivity index (χ1n) is 4.39. The molecule has 0 aliphatic rings. The van der Waals surface area contributed by atoms with Gasteiger partial charge in [-0.25, -0.2) is 0 Å². The Labute approximate surface area is 78.3 Å². The number of amides is 1. The molecule has 0 saturated heterocycles. The van der Waals surface area contributed by atoms with Crippen molar-refractivity contribution in [2.75, 3.05) is 6.61 Å². The molecule has 0 aliphatic carbocycles. The summed E-state index contributed by atoms with van der Waals surface area (Å²) in [5.41, 5.74) is 0.390. The molecule has 4 heteroatoms. The molecule has 4 nitrogen and oxygen atoms in total. The van der Waals surface area contributed by atoms with Gasteiger partial charge in [-0.1, -0.05) is 13.5 Å². The highest BCUT2D eigenvalue weighted by Gasteiger charge is 2.09. The predicted molar refractivity (Wildman–Crippen MR) is 49.9 cm³/mol. The first kappa shape index (κ1) is 12.1. The minimum Gasteiger partial charge on any atom is -0.396 e. The largest absolute Gasteiger partial charge is 0.396 e. The third kappa shape index (κ3) is 5.38. The quantitative estimate of drug-likeness (QED) is 0.410. The molecule has 13 heavy (non-hydrogen) atoms. The van der Waals surface area contributed by atoms with E-state index in [0.29, 0.717) is 24.8 Å². The summed E-state index contributed by atoms with van der Waals surface area (Å²) in [6.07, 6.45) is 0.644. The highest BCUT2D eigenvalue weighted by molar-refractivity contribution is 5.92. The molecule has 1 atom stereocenters. The first-order valence-corrected chi connectivity index (χ1v) is 4.39. The summed E-state index contributed by atoms with van der Waals surface area (Å²) in [5.74, 6) is -0.345. The average Bonchev–Trinajstić information content (AvgIpc) is 2.13. The molecule has 0 bridgehead atoms. The molecule has 0 heterocycles. The molecular weight excluding hydrogens is 170 g/mol. The van der Waals surface area contributed by atoms with Gasteiger partial charge in [0.05, 0.1) is 0 Å². The minimum absolute atomic E-state index is 0.0443. The number of hydrogen-bond acceptors (Lipinski definition) is 3. The van der Waals surface area contributed by atoms with Crippen LogP contribution in [0.5, 0.6) is 0 Å². The van der Waals surface area contributed by atoms with Gasteiger partial charge < -0.3 is 15.5 Å². The van der Waals surface area contributed by atoms with Gasteiger partial charge in [-0.3, -0.25) is 4.79 Å². The van der Waals surface area contributed by atoms with Crippen molar-refractivity contribution >= 4 is 5.91 Å². The van der Waals surface area contributed by atoms with E-state index >= 15 is 0 Å². The van der Waals surface area contributed by atoms with Crippen molar-refractivity contribution in [3.05, 3.63) is 12.2 Å². The van der Waals surface area contributed by atoms with Crippen molar-refractivity contribution in [3.63, 3.8) is 0 Å². The lowest BCUT2D eigenvalue weighted by Crippen LogP contribution is -2.34. The van der Waals surface area contributed by atoms with Crippen molar-refractivity contribution in [2.45, 2.75) is 32.4 Å². The molecule has 3 N–H and O–H groups in total.